The van der Waals surface area contributed by atoms with Crippen molar-refractivity contribution in [1.82, 2.24) is 0 Å². The number of ether oxygens (including phenoxy) is 2. The molecule has 2 rings (SSSR count). The zero-order valence-corrected chi connectivity index (χ0v) is 13.4. The van der Waals surface area contributed by atoms with E-state index < -0.39 is 27.6 Å². The van der Waals surface area contributed by atoms with E-state index in [1.54, 1.807) is 0 Å². The maximum absolute atomic E-state index is 12.7. The van der Waals surface area contributed by atoms with Crippen LogP contribution in [0.3, 0.4) is 0 Å². The minimum absolute atomic E-state index is 0.145. The van der Waals surface area contributed by atoms with Gasteiger partial charge in [-0.2, -0.15) is 21.6 Å². The summed E-state index contributed by atoms with van der Waals surface area (Å²) in [4.78, 5) is -0.280. The highest BCUT2D eigenvalue weighted by molar-refractivity contribution is 7.87. The van der Waals surface area contributed by atoms with Gasteiger partial charge in [0, 0.05) is 6.07 Å². The van der Waals surface area contributed by atoms with Crippen molar-refractivity contribution >= 4 is 10.1 Å². The van der Waals surface area contributed by atoms with Gasteiger partial charge in [-0.25, -0.2) is 0 Å². The standard InChI is InChI=1S/C15H13F3O5S/c1-21-13-7-6-12(9-14(13)22-2)24(19,20)23-11-5-3-4-10(8-11)15(16,17)18/h3-9H,1-2H3. The second kappa shape index (κ2) is 6.60. The Morgan fingerprint density at radius 1 is 0.917 bits per heavy atom. The van der Waals surface area contributed by atoms with Gasteiger partial charge in [-0.05, 0) is 30.3 Å². The molecule has 0 heterocycles. The van der Waals surface area contributed by atoms with Crippen LogP contribution in [-0.4, -0.2) is 22.6 Å². The van der Waals surface area contributed by atoms with Gasteiger partial charge in [0.1, 0.15) is 10.6 Å². The van der Waals surface area contributed by atoms with Crippen LogP contribution in [0.2, 0.25) is 0 Å². The third kappa shape index (κ3) is 3.91. The lowest BCUT2D eigenvalue weighted by Crippen LogP contribution is -2.11. The Morgan fingerprint density at radius 3 is 2.17 bits per heavy atom. The van der Waals surface area contributed by atoms with Crippen LogP contribution in [-0.2, 0) is 16.3 Å². The average molecular weight is 362 g/mol. The fourth-order valence-corrected chi connectivity index (χ4v) is 2.81. The van der Waals surface area contributed by atoms with Crippen LogP contribution in [0.15, 0.2) is 47.4 Å². The normalized spacial score (nSPS) is 11.9. The zero-order chi connectivity index (χ0) is 18.0. The van der Waals surface area contributed by atoms with Crippen LogP contribution < -0.4 is 13.7 Å². The highest BCUT2D eigenvalue weighted by Crippen LogP contribution is 2.33. The molecule has 0 bridgehead atoms. The van der Waals surface area contributed by atoms with Crippen LogP contribution in [0.1, 0.15) is 5.56 Å². The molecule has 2 aromatic rings. The summed E-state index contributed by atoms with van der Waals surface area (Å²) < 4.78 is 77.2. The van der Waals surface area contributed by atoms with Gasteiger partial charge in [0.05, 0.1) is 19.8 Å². The fourth-order valence-electron chi connectivity index (χ4n) is 1.87. The van der Waals surface area contributed by atoms with E-state index >= 15 is 0 Å². The van der Waals surface area contributed by atoms with Crippen LogP contribution in [0.25, 0.3) is 0 Å². The molecule has 2 aromatic carbocycles. The van der Waals surface area contributed by atoms with E-state index in [4.69, 9.17) is 13.7 Å². The van der Waals surface area contributed by atoms with E-state index in [0.29, 0.717) is 11.8 Å². The van der Waals surface area contributed by atoms with Gasteiger partial charge in [0.15, 0.2) is 11.5 Å². The van der Waals surface area contributed by atoms with E-state index in [9.17, 15) is 21.6 Å². The number of benzene rings is 2. The van der Waals surface area contributed by atoms with E-state index in [0.717, 1.165) is 24.3 Å². The molecule has 0 aliphatic heterocycles. The summed E-state index contributed by atoms with van der Waals surface area (Å²) in [5.74, 6) is 0.00125. The molecule has 0 radical (unpaired) electrons. The molecule has 5 nitrogen and oxygen atoms in total. The highest BCUT2D eigenvalue weighted by Gasteiger charge is 2.31. The lowest BCUT2D eigenvalue weighted by atomic mass is 10.2. The predicted octanol–water partition coefficient (Wildman–Crippen LogP) is 3.49. The molecule has 0 N–H and O–H groups in total. The molecule has 130 valence electrons. The molecule has 0 saturated heterocycles. The Kier molecular flexibility index (Phi) is 4.93. The summed E-state index contributed by atoms with van der Waals surface area (Å²) >= 11 is 0. The topological polar surface area (TPSA) is 61.8 Å². The third-order valence-corrected chi connectivity index (χ3v) is 4.25. The minimum atomic E-state index is -4.60. The molecule has 24 heavy (non-hydrogen) atoms. The number of halogens is 3. The first kappa shape index (κ1) is 17.9. The number of hydrogen-bond acceptors (Lipinski definition) is 5. The van der Waals surface area contributed by atoms with E-state index in [2.05, 4.69) is 0 Å². The van der Waals surface area contributed by atoms with Crippen LogP contribution in [0, 0.1) is 0 Å². The van der Waals surface area contributed by atoms with Crippen molar-refractivity contribution in [3.63, 3.8) is 0 Å². The van der Waals surface area contributed by atoms with Crippen molar-refractivity contribution in [1.29, 1.82) is 0 Å². The second-order valence-electron chi connectivity index (χ2n) is 4.58. The Bertz CT molecular complexity index is 831. The van der Waals surface area contributed by atoms with Crippen molar-refractivity contribution in [3.05, 3.63) is 48.0 Å². The lowest BCUT2D eigenvalue weighted by molar-refractivity contribution is -0.137. The summed E-state index contributed by atoms with van der Waals surface area (Å²) in [7, 11) is -1.63. The van der Waals surface area contributed by atoms with Gasteiger partial charge in [-0.15, -0.1) is 0 Å². The summed E-state index contributed by atoms with van der Waals surface area (Å²) in [6.07, 6.45) is -4.60. The first-order valence-electron chi connectivity index (χ1n) is 6.51. The van der Waals surface area contributed by atoms with Gasteiger partial charge < -0.3 is 13.7 Å². The SMILES string of the molecule is COc1ccc(S(=O)(=O)Oc2cccc(C(F)(F)F)c2)cc1OC. The van der Waals surface area contributed by atoms with Crippen molar-refractivity contribution in [2.45, 2.75) is 11.1 Å². The molecule has 0 fully saturated rings. The van der Waals surface area contributed by atoms with Crippen molar-refractivity contribution in [2.24, 2.45) is 0 Å². The van der Waals surface area contributed by atoms with Gasteiger partial charge in [0.2, 0.25) is 0 Å². The Hall–Kier alpha value is -2.42. The third-order valence-electron chi connectivity index (χ3n) is 3.01. The molecule has 0 aromatic heterocycles. The summed E-state index contributed by atoms with van der Waals surface area (Å²) in [6.45, 7) is 0. The van der Waals surface area contributed by atoms with Gasteiger partial charge in [0.25, 0.3) is 0 Å². The number of hydrogen-bond donors (Lipinski definition) is 0. The highest BCUT2D eigenvalue weighted by atomic mass is 32.2. The molecule has 0 saturated carbocycles. The van der Waals surface area contributed by atoms with Gasteiger partial charge in [-0.1, -0.05) is 6.07 Å². The molecule has 0 unspecified atom stereocenters. The molecular formula is C15H13F3O5S. The van der Waals surface area contributed by atoms with Crippen LogP contribution in [0.5, 0.6) is 17.2 Å². The fraction of sp³-hybridized carbons (Fsp3) is 0.200. The van der Waals surface area contributed by atoms with Crippen LogP contribution >= 0.6 is 0 Å². The minimum Gasteiger partial charge on any atom is -0.493 e. The van der Waals surface area contributed by atoms with Crippen molar-refractivity contribution in [2.75, 3.05) is 14.2 Å². The maximum Gasteiger partial charge on any atom is 0.416 e. The summed E-state index contributed by atoms with van der Waals surface area (Å²) in [5, 5.41) is 0. The number of rotatable bonds is 5. The predicted molar refractivity (Wildman–Crippen MR) is 78.8 cm³/mol. The number of alkyl halides is 3. The molecule has 0 spiro atoms. The smallest absolute Gasteiger partial charge is 0.416 e. The Balaban J connectivity index is 2.35. The molecular weight excluding hydrogens is 349 g/mol. The van der Waals surface area contributed by atoms with Crippen molar-refractivity contribution < 1.29 is 35.2 Å². The maximum atomic E-state index is 12.7. The van der Waals surface area contributed by atoms with Crippen molar-refractivity contribution in [3.8, 4) is 17.2 Å². The summed E-state index contributed by atoms with van der Waals surface area (Å²) in [5.41, 5.74) is -1.01. The molecule has 0 aliphatic carbocycles. The second-order valence-corrected chi connectivity index (χ2v) is 6.13. The zero-order valence-electron chi connectivity index (χ0n) is 12.6. The molecule has 0 amide bonds. The van der Waals surface area contributed by atoms with E-state index in [-0.39, 0.29) is 10.6 Å². The van der Waals surface area contributed by atoms with Gasteiger partial charge >= 0.3 is 16.3 Å². The monoisotopic (exact) mass is 362 g/mol. The Morgan fingerprint density at radius 2 is 1.58 bits per heavy atom. The largest absolute Gasteiger partial charge is 0.493 e. The summed E-state index contributed by atoms with van der Waals surface area (Å²) in [6, 6.07) is 7.30. The number of methoxy groups -OCH3 is 2. The molecule has 0 aliphatic rings. The van der Waals surface area contributed by atoms with Gasteiger partial charge in [-0.3, -0.25) is 0 Å². The average Bonchev–Trinajstić information content (AvgIpc) is 2.53. The Labute approximate surface area is 136 Å². The molecule has 0 atom stereocenters. The quantitative estimate of drug-likeness (QED) is 0.762. The van der Waals surface area contributed by atoms with E-state index in [1.807, 2.05) is 0 Å². The first-order chi connectivity index (χ1) is 11.2. The van der Waals surface area contributed by atoms with Crippen LogP contribution in [0.4, 0.5) is 13.2 Å². The lowest BCUT2D eigenvalue weighted by Gasteiger charge is -2.12. The molecule has 9 heteroatoms. The first-order valence-corrected chi connectivity index (χ1v) is 7.92. The van der Waals surface area contributed by atoms with E-state index in [1.165, 1.54) is 26.4 Å².